The van der Waals surface area contributed by atoms with Crippen molar-refractivity contribution in [1.82, 2.24) is 0 Å². The van der Waals surface area contributed by atoms with Gasteiger partial charge in [-0.1, -0.05) is 20.8 Å². The Balaban J connectivity index is 2.67. The van der Waals surface area contributed by atoms with Gasteiger partial charge in [-0.05, 0) is 30.6 Å². The Morgan fingerprint density at radius 3 is 1.91 bits per heavy atom. The van der Waals surface area contributed by atoms with E-state index in [9.17, 15) is 0 Å². The molecule has 0 aliphatic heterocycles. The molecular weight excluding hydrogens is 134 g/mol. The molecule has 11 heavy (non-hydrogen) atoms. The van der Waals surface area contributed by atoms with Gasteiger partial charge in [0, 0.05) is 12.8 Å². The standard InChI is InChI=1S/C10H19N/c1-7-5-8(2)10(11-4)9(3)6-7/h7-9H,5-6H2,1-4H3. The van der Waals surface area contributed by atoms with Crippen LogP contribution in [-0.4, -0.2) is 12.8 Å². The summed E-state index contributed by atoms with van der Waals surface area (Å²) in [5.74, 6) is 2.34. The zero-order chi connectivity index (χ0) is 8.43. The molecule has 1 aliphatic rings. The van der Waals surface area contributed by atoms with Crippen LogP contribution in [0.4, 0.5) is 0 Å². The summed E-state index contributed by atoms with van der Waals surface area (Å²) in [5.41, 5.74) is 1.43. The van der Waals surface area contributed by atoms with Gasteiger partial charge in [-0.15, -0.1) is 0 Å². The summed E-state index contributed by atoms with van der Waals surface area (Å²) in [6.45, 7) is 6.95. The molecule has 2 unspecified atom stereocenters. The number of hydrogen-bond acceptors (Lipinski definition) is 1. The molecular formula is C10H19N. The van der Waals surface area contributed by atoms with Gasteiger partial charge in [0.1, 0.15) is 0 Å². The van der Waals surface area contributed by atoms with Gasteiger partial charge in [0.15, 0.2) is 0 Å². The lowest BCUT2D eigenvalue weighted by atomic mass is 9.76. The summed E-state index contributed by atoms with van der Waals surface area (Å²) >= 11 is 0. The van der Waals surface area contributed by atoms with Crippen LogP contribution in [0.2, 0.25) is 0 Å². The first-order valence-electron chi connectivity index (χ1n) is 4.61. The minimum atomic E-state index is 0.721. The molecule has 0 amide bonds. The van der Waals surface area contributed by atoms with Crippen LogP contribution in [0.5, 0.6) is 0 Å². The lowest BCUT2D eigenvalue weighted by molar-refractivity contribution is 0.370. The smallest absolute Gasteiger partial charge is 0.0276 e. The molecule has 0 radical (unpaired) electrons. The fourth-order valence-electron chi connectivity index (χ4n) is 2.47. The summed E-state index contributed by atoms with van der Waals surface area (Å²) < 4.78 is 0. The summed E-state index contributed by atoms with van der Waals surface area (Å²) in [6.07, 6.45) is 2.66. The third kappa shape index (κ3) is 1.82. The minimum Gasteiger partial charge on any atom is -0.297 e. The van der Waals surface area contributed by atoms with Gasteiger partial charge in [-0.2, -0.15) is 0 Å². The second-order valence-corrected chi connectivity index (χ2v) is 4.03. The summed E-state index contributed by atoms with van der Waals surface area (Å²) in [6, 6.07) is 0. The Kier molecular flexibility index (Phi) is 2.69. The van der Waals surface area contributed by atoms with Gasteiger partial charge in [-0.3, -0.25) is 4.99 Å². The van der Waals surface area contributed by atoms with E-state index in [-0.39, 0.29) is 0 Å². The molecule has 1 rings (SSSR count). The van der Waals surface area contributed by atoms with Crippen LogP contribution < -0.4 is 0 Å². The molecule has 0 aromatic heterocycles. The van der Waals surface area contributed by atoms with Gasteiger partial charge in [0.2, 0.25) is 0 Å². The van der Waals surface area contributed by atoms with Crippen molar-refractivity contribution in [3.8, 4) is 0 Å². The molecule has 0 heterocycles. The van der Waals surface area contributed by atoms with Crippen molar-refractivity contribution in [3.05, 3.63) is 0 Å². The van der Waals surface area contributed by atoms with E-state index in [2.05, 4.69) is 25.8 Å². The van der Waals surface area contributed by atoms with E-state index < -0.39 is 0 Å². The topological polar surface area (TPSA) is 12.4 Å². The molecule has 0 spiro atoms. The highest BCUT2D eigenvalue weighted by atomic mass is 14.7. The number of aliphatic imine (C=N–C) groups is 1. The average molecular weight is 153 g/mol. The van der Waals surface area contributed by atoms with Crippen LogP contribution >= 0.6 is 0 Å². The average Bonchev–Trinajstić information content (AvgIpc) is 1.85. The normalized spacial score (nSPS) is 38.9. The highest BCUT2D eigenvalue weighted by Gasteiger charge is 2.26. The third-order valence-electron chi connectivity index (χ3n) is 2.78. The SMILES string of the molecule is CN=C1C(C)CC(C)CC1C. The van der Waals surface area contributed by atoms with Gasteiger partial charge in [0.05, 0.1) is 0 Å². The van der Waals surface area contributed by atoms with Crippen molar-refractivity contribution in [2.45, 2.75) is 33.6 Å². The van der Waals surface area contributed by atoms with E-state index in [4.69, 9.17) is 0 Å². The van der Waals surface area contributed by atoms with Crippen LogP contribution in [0, 0.1) is 17.8 Å². The Morgan fingerprint density at radius 2 is 1.55 bits per heavy atom. The highest BCUT2D eigenvalue weighted by Crippen LogP contribution is 2.30. The first kappa shape index (κ1) is 8.76. The van der Waals surface area contributed by atoms with Crippen molar-refractivity contribution in [2.75, 3.05) is 7.05 Å². The van der Waals surface area contributed by atoms with Gasteiger partial charge < -0.3 is 0 Å². The molecule has 64 valence electrons. The Bertz CT molecular complexity index is 146. The summed E-state index contributed by atoms with van der Waals surface area (Å²) in [5, 5.41) is 0. The fraction of sp³-hybridized carbons (Fsp3) is 0.900. The van der Waals surface area contributed by atoms with Crippen LogP contribution in [0.1, 0.15) is 33.6 Å². The Labute approximate surface area is 69.9 Å². The van der Waals surface area contributed by atoms with E-state index in [0.29, 0.717) is 0 Å². The van der Waals surface area contributed by atoms with Crippen molar-refractivity contribution in [2.24, 2.45) is 22.7 Å². The van der Waals surface area contributed by atoms with E-state index >= 15 is 0 Å². The minimum absolute atomic E-state index is 0.721. The monoisotopic (exact) mass is 153 g/mol. The van der Waals surface area contributed by atoms with Gasteiger partial charge in [-0.25, -0.2) is 0 Å². The quantitative estimate of drug-likeness (QED) is 0.507. The molecule has 0 bridgehead atoms. The lowest BCUT2D eigenvalue weighted by Gasteiger charge is -2.30. The van der Waals surface area contributed by atoms with Crippen LogP contribution in [-0.2, 0) is 0 Å². The van der Waals surface area contributed by atoms with E-state index in [1.807, 2.05) is 7.05 Å². The van der Waals surface area contributed by atoms with Crippen molar-refractivity contribution in [1.29, 1.82) is 0 Å². The molecule has 1 saturated carbocycles. The highest BCUT2D eigenvalue weighted by molar-refractivity contribution is 5.89. The van der Waals surface area contributed by atoms with E-state index in [0.717, 1.165) is 17.8 Å². The molecule has 0 N–H and O–H groups in total. The van der Waals surface area contributed by atoms with Crippen LogP contribution in [0.25, 0.3) is 0 Å². The molecule has 0 saturated heterocycles. The maximum atomic E-state index is 4.36. The predicted molar refractivity (Wildman–Crippen MR) is 50.1 cm³/mol. The third-order valence-corrected chi connectivity index (χ3v) is 2.78. The molecule has 0 aromatic carbocycles. The zero-order valence-electron chi connectivity index (χ0n) is 8.09. The zero-order valence-corrected chi connectivity index (χ0v) is 8.09. The maximum absolute atomic E-state index is 4.36. The first-order chi connectivity index (χ1) is 5.15. The largest absolute Gasteiger partial charge is 0.297 e. The molecule has 2 atom stereocenters. The molecule has 1 fully saturated rings. The van der Waals surface area contributed by atoms with Crippen molar-refractivity contribution in [3.63, 3.8) is 0 Å². The van der Waals surface area contributed by atoms with Crippen molar-refractivity contribution >= 4 is 5.71 Å². The van der Waals surface area contributed by atoms with E-state index in [1.54, 1.807) is 0 Å². The van der Waals surface area contributed by atoms with Gasteiger partial charge in [0.25, 0.3) is 0 Å². The molecule has 1 nitrogen and oxygen atoms in total. The number of nitrogens with zero attached hydrogens (tertiary/aromatic N) is 1. The summed E-state index contributed by atoms with van der Waals surface area (Å²) in [4.78, 5) is 4.36. The molecule has 0 aromatic rings. The fourth-order valence-corrected chi connectivity index (χ4v) is 2.47. The second-order valence-electron chi connectivity index (χ2n) is 4.03. The Morgan fingerprint density at radius 1 is 1.09 bits per heavy atom. The molecule has 1 aliphatic carbocycles. The Hall–Kier alpha value is -0.330. The second kappa shape index (κ2) is 3.38. The lowest BCUT2D eigenvalue weighted by Crippen LogP contribution is -2.28. The summed E-state index contributed by atoms with van der Waals surface area (Å²) in [7, 11) is 1.93. The van der Waals surface area contributed by atoms with E-state index in [1.165, 1.54) is 18.6 Å². The predicted octanol–water partition coefficient (Wildman–Crippen LogP) is 2.76. The molecule has 1 heteroatoms. The van der Waals surface area contributed by atoms with Crippen LogP contribution in [0.3, 0.4) is 0 Å². The van der Waals surface area contributed by atoms with Gasteiger partial charge >= 0.3 is 0 Å². The van der Waals surface area contributed by atoms with Crippen LogP contribution in [0.15, 0.2) is 4.99 Å². The number of hydrogen-bond donors (Lipinski definition) is 0. The van der Waals surface area contributed by atoms with Crippen molar-refractivity contribution < 1.29 is 0 Å². The first-order valence-corrected chi connectivity index (χ1v) is 4.61. The number of rotatable bonds is 0. The maximum Gasteiger partial charge on any atom is 0.0276 e.